The summed E-state index contributed by atoms with van der Waals surface area (Å²) in [4.78, 5) is 0. The maximum Gasteiger partial charge on any atom is 0.266 e. The van der Waals surface area contributed by atoms with Crippen LogP contribution in [-0.2, 0) is 4.74 Å². The van der Waals surface area contributed by atoms with E-state index in [0.717, 1.165) is 60.5 Å². The van der Waals surface area contributed by atoms with Crippen LogP contribution in [-0.4, -0.2) is 12.7 Å². The van der Waals surface area contributed by atoms with E-state index in [0.29, 0.717) is 18.4 Å². The van der Waals surface area contributed by atoms with Gasteiger partial charge in [-0.2, -0.15) is 8.78 Å². The number of ether oxygens (including phenoxy) is 1. The largest absolute Gasteiger partial charge is 0.378 e. The molecule has 0 amide bonds. The molecule has 4 rings (SSSR count). The van der Waals surface area contributed by atoms with Crippen LogP contribution in [0.1, 0.15) is 155 Å². The van der Waals surface area contributed by atoms with E-state index in [2.05, 4.69) is 13.8 Å². The standard InChI is InChI=1S/C36H62F2O/c1-3-7-27(2)31-17-12-28(13-18-31)8-4-5-9-30-16-25-35(39-26-30)34-23-21-33(22-24-34)32-19-14-29(15-20-32)10-6-11-36(37)38/h11,27-35H,3-10,12-26H2,1-2H3/t27-,28?,29?,30?,31?,32?,33?,34?,35?/m0/s1. The molecule has 0 aromatic rings. The van der Waals surface area contributed by atoms with Gasteiger partial charge in [0.05, 0.1) is 6.10 Å². The lowest BCUT2D eigenvalue weighted by Crippen LogP contribution is -2.35. The van der Waals surface area contributed by atoms with Crippen molar-refractivity contribution in [1.82, 2.24) is 0 Å². The molecule has 226 valence electrons. The molecule has 1 aliphatic heterocycles. The first-order valence-electron chi connectivity index (χ1n) is 17.6. The van der Waals surface area contributed by atoms with Crippen LogP contribution in [0.25, 0.3) is 0 Å². The predicted octanol–water partition coefficient (Wildman–Crippen LogP) is 11.8. The zero-order chi connectivity index (χ0) is 27.5. The van der Waals surface area contributed by atoms with E-state index >= 15 is 0 Å². The van der Waals surface area contributed by atoms with Crippen molar-refractivity contribution < 1.29 is 13.5 Å². The van der Waals surface area contributed by atoms with Crippen molar-refractivity contribution in [3.8, 4) is 0 Å². The molecular weight excluding hydrogens is 486 g/mol. The fourth-order valence-electron chi connectivity index (χ4n) is 9.39. The molecule has 4 fully saturated rings. The summed E-state index contributed by atoms with van der Waals surface area (Å²) in [6.45, 7) is 5.86. The summed E-state index contributed by atoms with van der Waals surface area (Å²) in [5.41, 5.74) is 0. The molecule has 1 saturated heterocycles. The van der Waals surface area contributed by atoms with Gasteiger partial charge in [0, 0.05) is 6.61 Å². The highest BCUT2D eigenvalue weighted by molar-refractivity contribution is 4.87. The van der Waals surface area contributed by atoms with Gasteiger partial charge in [-0.05, 0) is 137 Å². The summed E-state index contributed by atoms with van der Waals surface area (Å²) in [5, 5.41) is 0. The van der Waals surface area contributed by atoms with Gasteiger partial charge in [0.25, 0.3) is 6.08 Å². The lowest BCUT2D eigenvalue weighted by atomic mass is 9.67. The van der Waals surface area contributed by atoms with E-state index in [9.17, 15) is 8.78 Å². The normalized spacial score (nSPS) is 36.8. The molecule has 3 atom stereocenters. The molecule has 39 heavy (non-hydrogen) atoms. The molecule has 1 heterocycles. The summed E-state index contributed by atoms with van der Waals surface area (Å²) < 4.78 is 31.1. The van der Waals surface area contributed by atoms with Crippen LogP contribution >= 0.6 is 0 Å². The fraction of sp³-hybridized carbons (Fsp3) is 0.944. The third-order valence-electron chi connectivity index (χ3n) is 12.1. The van der Waals surface area contributed by atoms with Crippen LogP contribution < -0.4 is 0 Å². The van der Waals surface area contributed by atoms with Crippen LogP contribution in [0.15, 0.2) is 12.2 Å². The topological polar surface area (TPSA) is 9.23 Å². The molecule has 0 bridgehead atoms. The molecule has 0 spiro atoms. The minimum Gasteiger partial charge on any atom is -0.378 e. The van der Waals surface area contributed by atoms with E-state index in [4.69, 9.17) is 4.74 Å². The van der Waals surface area contributed by atoms with Gasteiger partial charge < -0.3 is 4.74 Å². The van der Waals surface area contributed by atoms with E-state index in [1.165, 1.54) is 128 Å². The summed E-state index contributed by atoms with van der Waals surface area (Å²) in [5.74, 6) is 7.08. The molecule has 3 aliphatic carbocycles. The molecule has 0 aromatic heterocycles. The van der Waals surface area contributed by atoms with Crippen molar-refractivity contribution >= 4 is 0 Å². The lowest BCUT2D eigenvalue weighted by molar-refractivity contribution is -0.0621. The predicted molar refractivity (Wildman–Crippen MR) is 161 cm³/mol. The molecule has 0 N–H and O–H groups in total. The van der Waals surface area contributed by atoms with Gasteiger partial charge in [-0.1, -0.05) is 71.6 Å². The first kappa shape index (κ1) is 31.5. The van der Waals surface area contributed by atoms with Crippen molar-refractivity contribution in [3.05, 3.63) is 12.2 Å². The molecule has 2 unspecified atom stereocenters. The van der Waals surface area contributed by atoms with Gasteiger partial charge >= 0.3 is 0 Å². The number of hydrogen-bond acceptors (Lipinski definition) is 1. The van der Waals surface area contributed by atoms with Crippen molar-refractivity contribution in [3.63, 3.8) is 0 Å². The maximum atomic E-state index is 12.3. The number of halogens is 2. The molecule has 0 radical (unpaired) electrons. The summed E-state index contributed by atoms with van der Waals surface area (Å²) in [6, 6.07) is 0. The summed E-state index contributed by atoms with van der Waals surface area (Å²) in [6.07, 6.45) is 29.6. The number of unbranched alkanes of at least 4 members (excludes halogenated alkanes) is 1. The minimum absolute atomic E-state index is 0.534. The Labute approximate surface area is 240 Å². The first-order chi connectivity index (χ1) is 19.0. The van der Waals surface area contributed by atoms with Crippen molar-refractivity contribution in [2.45, 2.75) is 161 Å². The van der Waals surface area contributed by atoms with Crippen molar-refractivity contribution in [2.24, 2.45) is 47.3 Å². The highest BCUT2D eigenvalue weighted by Crippen LogP contribution is 2.44. The average molecular weight is 549 g/mol. The van der Waals surface area contributed by atoms with Gasteiger partial charge in [-0.15, -0.1) is 0 Å². The first-order valence-corrected chi connectivity index (χ1v) is 17.6. The van der Waals surface area contributed by atoms with E-state index in [-0.39, 0.29) is 0 Å². The van der Waals surface area contributed by atoms with Crippen LogP contribution in [0.4, 0.5) is 8.78 Å². The smallest absolute Gasteiger partial charge is 0.266 e. The average Bonchev–Trinajstić information content (AvgIpc) is 2.96. The van der Waals surface area contributed by atoms with Gasteiger partial charge in [-0.25, -0.2) is 0 Å². The fourth-order valence-corrected chi connectivity index (χ4v) is 9.39. The highest BCUT2D eigenvalue weighted by atomic mass is 19.3. The maximum absolute atomic E-state index is 12.3. The Bertz CT molecular complexity index is 670. The number of hydrogen-bond donors (Lipinski definition) is 0. The Kier molecular flexibility index (Phi) is 13.6. The zero-order valence-electron chi connectivity index (χ0n) is 25.7. The van der Waals surface area contributed by atoms with Gasteiger partial charge in [0.1, 0.15) is 0 Å². The Morgan fingerprint density at radius 3 is 1.82 bits per heavy atom. The van der Waals surface area contributed by atoms with Crippen LogP contribution in [0.3, 0.4) is 0 Å². The molecule has 4 aliphatic rings. The van der Waals surface area contributed by atoms with Crippen LogP contribution in [0.5, 0.6) is 0 Å². The molecule has 0 aromatic carbocycles. The third kappa shape index (κ3) is 10.4. The Morgan fingerprint density at radius 2 is 1.23 bits per heavy atom. The van der Waals surface area contributed by atoms with Crippen LogP contribution in [0, 0.1) is 47.3 Å². The van der Waals surface area contributed by atoms with E-state index in [1.54, 1.807) is 0 Å². The zero-order valence-corrected chi connectivity index (χ0v) is 25.7. The van der Waals surface area contributed by atoms with Crippen LogP contribution in [0.2, 0.25) is 0 Å². The highest BCUT2D eigenvalue weighted by Gasteiger charge is 2.35. The SMILES string of the molecule is CCC[C@H](C)C1CCC(CCCCC2CCC(C3CCC(C4CCC(CCC=C(F)F)CC4)CC3)OC2)CC1. The molecular formula is C36H62F2O. The Balaban J connectivity index is 1.02. The van der Waals surface area contributed by atoms with E-state index < -0.39 is 6.08 Å². The monoisotopic (exact) mass is 548 g/mol. The second-order valence-corrected chi connectivity index (χ2v) is 14.7. The Hall–Kier alpha value is -0.440. The molecule has 3 saturated carbocycles. The molecule has 3 heteroatoms. The lowest BCUT2D eigenvalue weighted by Gasteiger charge is -2.41. The van der Waals surface area contributed by atoms with Gasteiger partial charge in [0.2, 0.25) is 0 Å². The van der Waals surface area contributed by atoms with Crippen molar-refractivity contribution in [2.75, 3.05) is 6.61 Å². The second-order valence-electron chi connectivity index (χ2n) is 14.7. The summed E-state index contributed by atoms with van der Waals surface area (Å²) in [7, 11) is 0. The van der Waals surface area contributed by atoms with E-state index in [1.807, 2.05) is 0 Å². The number of allylic oxidation sites excluding steroid dienone is 1. The Morgan fingerprint density at radius 1 is 0.692 bits per heavy atom. The van der Waals surface area contributed by atoms with Crippen molar-refractivity contribution in [1.29, 1.82) is 0 Å². The quantitative estimate of drug-likeness (QED) is 0.208. The summed E-state index contributed by atoms with van der Waals surface area (Å²) >= 11 is 0. The van der Waals surface area contributed by atoms with Gasteiger partial charge in [0.15, 0.2) is 0 Å². The number of rotatable bonds is 13. The minimum atomic E-state index is -1.51. The third-order valence-corrected chi connectivity index (χ3v) is 12.1. The second kappa shape index (κ2) is 16.9. The van der Waals surface area contributed by atoms with Gasteiger partial charge in [-0.3, -0.25) is 0 Å². The molecule has 1 nitrogen and oxygen atoms in total.